The number of aryl methyl sites for hydroxylation is 1. The maximum absolute atomic E-state index is 6.12. The number of nitrogens with zero attached hydrogens (tertiary/aromatic N) is 2. The SMILES string of the molecule is Cc1ccc(Oc2ncc(CNC(C)(C)C)cn2)c(Cl)c1. The van der Waals surface area contributed by atoms with Gasteiger partial charge in [-0.05, 0) is 45.4 Å². The minimum atomic E-state index is 0.0601. The van der Waals surface area contributed by atoms with E-state index in [0.717, 1.165) is 17.7 Å². The van der Waals surface area contributed by atoms with Crippen LogP contribution in [0.15, 0.2) is 30.6 Å². The molecule has 0 unspecified atom stereocenters. The predicted octanol–water partition coefficient (Wildman–Crippen LogP) is 4.12. The van der Waals surface area contributed by atoms with Gasteiger partial charge in [-0.1, -0.05) is 17.7 Å². The largest absolute Gasteiger partial charge is 0.423 e. The van der Waals surface area contributed by atoms with Gasteiger partial charge in [0.25, 0.3) is 0 Å². The number of hydrogen-bond donors (Lipinski definition) is 1. The molecule has 1 N–H and O–H groups in total. The Balaban J connectivity index is 2.02. The van der Waals surface area contributed by atoms with Gasteiger partial charge >= 0.3 is 6.01 Å². The molecule has 0 saturated heterocycles. The second-order valence-corrected chi connectivity index (χ2v) is 6.42. The Morgan fingerprint density at radius 2 is 1.86 bits per heavy atom. The second-order valence-electron chi connectivity index (χ2n) is 6.01. The topological polar surface area (TPSA) is 47.0 Å². The zero-order chi connectivity index (χ0) is 15.5. The Hall–Kier alpha value is -1.65. The van der Waals surface area contributed by atoms with E-state index < -0.39 is 0 Å². The van der Waals surface area contributed by atoms with Crippen LogP contribution in [-0.4, -0.2) is 15.5 Å². The standard InChI is InChI=1S/C16H20ClN3O/c1-11-5-6-14(13(17)7-11)21-15-18-8-12(9-19-15)10-20-16(2,3)4/h5-9,20H,10H2,1-4H3. The molecule has 0 aliphatic rings. The monoisotopic (exact) mass is 305 g/mol. The van der Waals surface area contributed by atoms with E-state index in [4.69, 9.17) is 16.3 Å². The zero-order valence-electron chi connectivity index (χ0n) is 12.8. The molecule has 2 rings (SSSR count). The lowest BCUT2D eigenvalue weighted by atomic mass is 10.1. The van der Waals surface area contributed by atoms with Crippen LogP contribution in [0.5, 0.6) is 11.8 Å². The van der Waals surface area contributed by atoms with E-state index in [-0.39, 0.29) is 5.54 Å². The fourth-order valence-corrected chi connectivity index (χ4v) is 1.91. The van der Waals surface area contributed by atoms with Gasteiger partial charge in [-0.15, -0.1) is 0 Å². The van der Waals surface area contributed by atoms with Crippen molar-refractivity contribution in [1.82, 2.24) is 15.3 Å². The van der Waals surface area contributed by atoms with Gasteiger partial charge in [0.2, 0.25) is 0 Å². The Labute approximate surface area is 130 Å². The highest BCUT2D eigenvalue weighted by Gasteiger charge is 2.09. The summed E-state index contributed by atoms with van der Waals surface area (Å²) >= 11 is 6.12. The second kappa shape index (κ2) is 6.41. The molecule has 0 radical (unpaired) electrons. The molecule has 0 bridgehead atoms. The molecule has 5 heteroatoms. The van der Waals surface area contributed by atoms with Crippen LogP contribution in [0.2, 0.25) is 5.02 Å². The quantitative estimate of drug-likeness (QED) is 0.923. The molecule has 0 fully saturated rings. The number of rotatable bonds is 4. The van der Waals surface area contributed by atoms with Gasteiger partial charge in [-0.3, -0.25) is 0 Å². The van der Waals surface area contributed by atoms with E-state index in [1.165, 1.54) is 0 Å². The molecule has 1 aromatic carbocycles. The summed E-state index contributed by atoms with van der Waals surface area (Å²) < 4.78 is 5.59. The molecule has 1 aromatic heterocycles. The van der Waals surface area contributed by atoms with Crippen molar-refractivity contribution in [2.75, 3.05) is 0 Å². The minimum Gasteiger partial charge on any atom is -0.423 e. The molecule has 0 atom stereocenters. The molecule has 0 spiro atoms. The summed E-state index contributed by atoms with van der Waals surface area (Å²) in [6.07, 6.45) is 3.51. The van der Waals surface area contributed by atoms with Crippen LogP contribution in [0.1, 0.15) is 31.9 Å². The molecule has 21 heavy (non-hydrogen) atoms. The van der Waals surface area contributed by atoms with E-state index in [2.05, 4.69) is 36.1 Å². The van der Waals surface area contributed by atoms with Crippen LogP contribution in [0, 0.1) is 6.92 Å². The molecule has 2 aromatic rings. The average molecular weight is 306 g/mol. The van der Waals surface area contributed by atoms with Crippen molar-refractivity contribution < 1.29 is 4.74 Å². The molecule has 0 saturated carbocycles. The van der Waals surface area contributed by atoms with Crippen molar-refractivity contribution in [2.24, 2.45) is 0 Å². The summed E-state index contributed by atoms with van der Waals surface area (Å²) in [5.74, 6) is 0.558. The third-order valence-corrected chi connectivity index (χ3v) is 3.09. The summed E-state index contributed by atoms with van der Waals surface area (Å²) in [4.78, 5) is 8.41. The molecule has 4 nitrogen and oxygen atoms in total. The number of halogens is 1. The number of hydrogen-bond acceptors (Lipinski definition) is 4. The van der Waals surface area contributed by atoms with Gasteiger partial charge in [0.1, 0.15) is 5.75 Å². The molecular formula is C16H20ClN3O. The van der Waals surface area contributed by atoms with Gasteiger partial charge in [-0.25, -0.2) is 9.97 Å². The van der Waals surface area contributed by atoms with Crippen molar-refractivity contribution >= 4 is 11.6 Å². The Bertz CT molecular complexity index is 606. The summed E-state index contributed by atoms with van der Waals surface area (Å²) in [6.45, 7) is 9.04. The van der Waals surface area contributed by atoms with E-state index in [0.29, 0.717) is 16.8 Å². The summed E-state index contributed by atoms with van der Waals surface area (Å²) in [7, 11) is 0. The van der Waals surface area contributed by atoms with Crippen molar-refractivity contribution in [3.05, 3.63) is 46.7 Å². The number of nitrogens with one attached hydrogen (secondary N) is 1. The van der Waals surface area contributed by atoms with Crippen LogP contribution >= 0.6 is 11.6 Å². The Morgan fingerprint density at radius 1 is 1.19 bits per heavy atom. The van der Waals surface area contributed by atoms with E-state index >= 15 is 0 Å². The first kappa shape index (κ1) is 15.7. The Morgan fingerprint density at radius 3 is 2.43 bits per heavy atom. The van der Waals surface area contributed by atoms with Gasteiger partial charge in [0, 0.05) is 30.0 Å². The lowest BCUT2D eigenvalue weighted by molar-refractivity contribution is 0.420. The minimum absolute atomic E-state index is 0.0601. The third-order valence-electron chi connectivity index (χ3n) is 2.79. The third kappa shape index (κ3) is 4.99. The van der Waals surface area contributed by atoms with E-state index in [1.807, 2.05) is 25.1 Å². The van der Waals surface area contributed by atoms with Crippen molar-refractivity contribution in [1.29, 1.82) is 0 Å². The highest BCUT2D eigenvalue weighted by atomic mass is 35.5. The number of ether oxygens (including phenoxy) is 1. The van der Waals surface area contributed by atoms with E-state index in [1.54, 1.807) is 12.4 Å². The number of benzene rings is 1. The maximum atomic E-state index is 6.12. The molecule has 0 aliphatic heterocycles. The molecule has 112 valence electrons. The highest BCUT2D eigenvalue weighted by molar-refractivity contribution is 6.32. The van der Waals surface area contributed by atoms with Gasteiger partial charge in [-0.2, -0.15) is 0 Å². The molecule has 0 aliphatic carbocycles. The normalized spacial score (nSPS) is 11.5. The fourth-order valence-electron chi connectivity index (χ4n) is 1.64. The summed E-state index contributed by atoms with van der Waals surface area (Å²) in [6, 6.07) is 5.89. The first-order valence-electron chi connectivity index (χ1n) is 6.83. The first-order valence-corrected chi connectivity index (χ1v) is 7.21. The van der Waals surface area contributed by atoms with Crippen LogP contribution in [0.4, 0.5) is 0 Å². The summed E-state index contributed by atoms with van der Waals surface area (Å²) in [5, 5.41) is 3.93. The zero-order valence-corrected chi connectivity index (χ0v) is 13.5. The smallest absolute Gasteiger partial charge is 0.321 e. The van der Waals surface area contributed by atoms with Gasteiger partial charge < -0.3 is 10.1 Å². The molecule has 0 amide bonds. The Kier molecular flexibility index (Phi) is 4.80. The number of aromatic nitrogens is 2. The van der Waals surface area contributed by atoms with Crippen LogP contribution < -0.4 is 10.1 Å². The lowest BCUT2D eigenvalue weighted by Crippen LogP contribution is -2.35. The van der Waals surface area contributed by atoms with Crippen LogP contribution in [0.25, 0.3) is 0 Å². The van der Waals surface area contributed by atoms with Crippen molar-refractivity contribution in [3.63, 3.8) is 0 Å². The highest BCUT2D eigenvalue weighted by Crippen LogP contribution is 2.28. The van der Waals surface area contributed by atoms with Gasteiger partial charge in [0.05, 0.1) is 5.02 Å². The lowest BCUT2D eigenvalue weighted by Gasteiger charge is -2.20. The first-order chi connectivity index (χ1) is 9.83. The summed E-state index contributed by atoms with van der Waals surface area (Å²) in [5.41, 5.74) is 2.15. The molecule has 1 heterocycles. The van der Waals surface area contributed by atoms with Crippen LogP contribution in [0.3, 0.4) is 0 Å². The van der Waals surface area contributed by atoms with Crippen LogP contribution in [-0.2, 0) is 6.54 Å². The van der Waals surface area contributed by atoms with Gasteiger partial charge in [0.15, 0.2) is 0 Å². The fraction of sp³-hybridized carbons (Fsp3) is 0.375. The predicted molar refractivity (Wildman–Crippen MR) is 84.9 cm³/mol. The van der Waals surface area contributed by atoms with Crippen molar-refractivity contribution in [3.8, 4) is 11.8 Å². The van der Waals surface area contributed by atoms with E-state index in [9.17, 15) is 0 Å². The van der Waals surface area contributed by atoms with Crippen molar-refractivity contribution in [2.45, 2.75) is 39.8 Å². The average Bonchev–Trinajstić information content (AvgIpc) is 2.40. The molecular weight excluding hydrogens is 286 g/mol. The maximum Gasteiger partial charge on any atom is 0.321 e.